The van der Waals surface area contributed by atoms with Gasteiger partial charge in [0, 0.05) is 6.04 Å². The summed E-state index contributed by atoms with van der Waals surface area (Å²) in [4.78, 5) is 0. The van der Waals surface area contributed by atoms with Gasteiger partial charge in [0.2, 0.25) is 0 Å². The quantitative estimate of drug-likeness (QED) is 0.866. The van der Waals surface area contributed by atoms with Crippen LogP contribution in [0.4, 0.5) is 4.39 Å². The largest absolute Gasteiger partial charge is 0.317 e. The number of aryl methyl sites for hydroxylation is 1. The van der Waals surface area contributed by atoms with Crippen LogP contribution in [0.5, 0.6) is 0 Å². The van der Waals surface area contributed by atoms with Crippen LogP contribution in [0.2, 0.25) is 0 Å². The van der Waals surface area contributed by atoms with Crippen molar-refractivity contribution >= 4 is 15.9 Å². The van der Waals surface area contributed by atoms with Crippen molar-refractivity contribution in [2.24, 2.45) is 0 Å². The van der Waals surface area contributed by atoms with E-state index in [4.69, 9.17) is 0 Å². The predicted octanol–water partition coefficient (Wildman–Crippen LogP) is 3.52. The first-order valence-corrected chi connectivity index (χ1v) is 6.04. The van der Waals surface area contributed by atoms with Gasteiger partial charge >= 0.3 is 0 Å². The Labute approximate surface area is 99.2 Å². The lowest BCUT2D eigenvalue weighted by molar-refractivity contribution is 0.540. The Bertz CT molecular complexity index is 314. The molecular weight excluding hydrogens is 257 g/mol. The number of hydrogen-bond donors (Lipinski definition) is 1. The minimum Gasteiger partial charge on any atom is -0.317 e. The first-order chi connectivity index (χ1) is 7.15. The smallest absolute Gasteiger partial charge is 0.137 e. The first kappa shape index (κ1) is 12.7. The Balaban J connectivity index is 2.47. The van der Waals surface area contributed by atoms with Gasteiger partial charge < -0.3 is 5.32 Å². The van der Waals surface area contributed by atoms with E-state index in [1.807, 2.05) is 13.1 Å². The zero-order valence-electron chi connectivity index (χ0n) is 9.19. The van der Waals surface area contributed by atoms with Gasteiger partial charge in [-0.15, -0.1) is 0 Å². The molecule has 0 saturated carbocycles. The molecule has 0 heterocycles. The highest BCUT2D eigenvalue weighted by Crippen LogP contribution is 2.22. The Kier molecular flexibility index (Phi) is 5.26. The van der Waals surface area contributed by atoms with Crippen molar-refractivity contribution in [1.82, 2.24) is 5.32 Å². The molecule has 15 heavy (non-hydrogen) atoms. The SMILES string of the molecule is CNC(C)CCCc1cccc(F)c1Br. The molecule has 1 atom stereocenters. The van der Waals surface area contributed by atoms with E-state index in [9.17, 15) is 4.39 Å². The van der Waals surface area contributed by atoms with E-state index in [0.29, 0.717) is 10.5 Å². The molecule has 0 amide bonds. The van der Waals surface area contributed by atoms with Crippen molar-refractivity contribution < 1.29 is 4.39 Å². The van der Waals surface area contributed by atoms with E-state index in [2.05, 4.69) is 28.2 Å². The fraction of sp³-hybridized carbons (Fsp3) is 0.500. The van der Waals surface area contributed by atoms with Crippen LogP contribution in [0.15, 0.2) is 22.7 Å². The molecule has 0 aliphatic carbocycles. The van der Waals surface area contributed by atoms with Crippen LogP contribution < -0.4 is 5.32 Å². The number of rotatable bonds is 5. The molecule has 1 unspecified atom stereocenters. The van der Waals surface area contributed by atoms with E-state index < -0.39 is 0 Å². The van der Waals surface area contributed by atoms with Crippen molar-refractivity contribution in [2.75, 3.05) is 7.05 Å². The van der Waals surface area contributed by atoms with Gasteiger partial charge in [-0.3, -0.25) is 0 Å². The van der Waals surface area contributed by atoms with E-state index in [1.165, 1.54) is 6.07 Å². The Morgan fingerprint density at radius 2 is 2.20 bits per heavy atom. The van der Waals surface area contributed by atoms with Crippen LogP contribution in [0.3, 0.4) is 0 Å². The lowest BCUT2D eigenvalue weighted by Gasteiger charge is -2.10. The monoisotopic (exact) mass is 273 g/mol. The second kappa shape index (κ2) is 6.23. The zero-order valence-corrected chi connectivity index (χ0v) is 10.8. The molecule has 3 heteroatoms. The van der Waals surface area contributed by atoms with Crippen molar-refractivity contribution in [1.29, 1.82) is 0 Å². The second-order valence-electron chi connectivity index (χ2n) is 3.79. The van der Waals surface area contributed by atoms with Crippen LogP contribution >= 0.6 is 15.9 Å². The molecule has 0 fully saturated rings. The highest BCUT2D eigenvalue weighted by molar-refractivity contribution is 9.10. The van der Waals surface area contributed by atoms with Gasteiger partial charge in [0.25, 0.3) is 0 Å². The van der Waals surface area contributed by atoms with Gasteiger partial charge in [-0.25, -0.2) is 4.39 Å². The summed E-state index contributed by atoms with van der Waals surface area (Å²) in [6.45, 7) is 2.15. The topological polar surface area (TPSA) is 12.0 Å². The molecule has 1 nitrogen and oxygen atoms in total. The number of hydrogen-bond acceptors (Lipinski definition) is 1. The van der Waals surface area contributed by atoms with E-state index in [1.54, 1.807) is 6.07 Å². The average molecular weight is 274 g/mol. The molecule has 1 rings (SSSR count). The maximum Gasteiger partial charge on any atom is 0.137 e. The number of halogens is 2. The summed E-state index contributed by atoms with van der Waals surface area (Å²) in [5, 5.41) is 3.19. The molecule has 0 aliphatic rings. The predicted molar refractivity (Wildman–Crippen MR) is 65.6 cm³/mol. The van der Waals surface area contributed by atoms with Crippen LogP contribution in [0.1, 0.15) is 25.3 Å². The summed E-state index contributed by atoms with van der Waals surface area (Å²) < 4.78 is 13.8. The molecule has 1 aromatic rings. The molecule has 1 aromatic carbocycles. The van der Waals surface area contributed by atoms with Crippen LogP contribution in [0.25, 0.3) is 0 Å². The van der Waals surface area contributed by atoms with Crippen LogP contribution in [-0.2, 0) is 6.42 Å². The van der Waals surface area contributed by atoms with Gasteiger partial charge in [0.1, 0.15) is 5.82 Å². The summed E-state index contributed by atoms with van der Waals surface area (Å²) in [5.74, 6) is -0.172. The number of benzene rings is 1. The third-order valence-electron chi connectivity index (χ3n) is 2.61. The zero-order chi connectivity index (χ0) is 11.3. The van der Waals surface area contributed by atoms with Crippen LogP contribution in [-0.4, -0.2) is 13.1 Å². The lowest BCUT2D eigenvalue weighted by atomic mass is 10.1. The standard InChI is InChI=1S/C12H17BrFN/c1-9(15-2)5-3-6-10-7-4-8-11(14)12(10)13/h4,7-9,15H,3,5-6H2,1-2H3. The minimum absolute atomic E-state index is 0.172. The molecule has 1 N–H and O–H groups in total. The Morgan fingerprint density at radius 3 is 2.87 bits per heavy atom. The van der Waals surface area contributed by atoms with Gasteiger partial charge in [0.05, 0.1) is 4.47 Å². The maximum absolute atomic E-state index is 13.2. The second-order valence-corrected chi connectivity index (χ2v) is 4.59. The average Bonchev–Trinajstić information content (AvgIpc) is 2.24. The van der Waals surface area contributed by atoms with E-state index in [-0.39, 0.29) is 5.82 Å². The van der Waals surface area contributed by atoms with Gasteiger partial charge in [-0.05, 0) is 60.8 Å². The molecule has 0 radical (unpaired) electrons. The highest BCUT2D eigenvalue weighted by Gasteiger charge is 2.05. The van der Waals surface area contributed by atoms with Gasteiger partial charge in [-0.1, -0.05) is 12.1 Å². The van der Waals surface area contributed by atoms with Gasteiger partial charge in [0.15, 0.2) is 0 Å². The molecular formula is C12H17BrFN. The third kappa shape index (κ3) is 3.92. The normalized spacial score (nSPS) is 12.8. The van der Waals surface area contributed by atoms with E-state index >= 15 is 0 Å². The Morgan fingerprint density at radius 1 is 1.47 bits per heavy atom. The van der Waals surface area contributed by atoms with Gasteiger partial charge in [-0.2, -0.15) is 0 Å². The molecule has 0 saturated heterocycles. The molecule has 0 aromatic heterocycles. The lowest BCUT2D eigenvalue weighted by Crippen LogP contribution is -2.20. The highest BCUT2D eigenvalue weighted by atomic mass is 79.9. The molecule has 0 aliphatic heterocycles. The number of nitrogens with one attached hydrogen (secondary N) is 1. The van der Waals surface area contributed by atoms with Crippen molar-refractivity contribution in [3.63, 3.8) is 0 Å². The van der Waals surface area contributed by atoms with Crippen LogP contribution in [0, 0.1) is 5.82 Å². The third-order valence-corrected chi connectivity index (χ3v) is 3.50. The summed E-state index contributed by atoms with van der Waals surface area (Å²) >= 11 is 3.27. The first-order valence-electron chi connectivity index (χ1n) is 5.25. The summed E-state index contributed by atoms with van der Waals surface area (Å²) in [6.07, 6.45) is 3.11. The maximum atomic E-state index is 13.2. The summed E-state index contributed by atoms with van der Waals surface area (Å²) in [7, 11) is 1.96. The molecule has 0 spiro atoms. The molecule has 84 valence electrons. The fourth-order valence-electron chi connectivity index (χ4n) is 1.48. The Hall–Kier alpha value is -0.410. The minimum atomic E-state index is -0.172. The summed E-state index contributed by atoms with van der Waals surface area (Å²) in [6, 6.07) is 5.73. The fourth-order valence-corrected chi connectivity index (χ4v) is 1.95. The van der Waals surface area contributed by atoms with E-state index in [0.717, 1.165) is 24.8 Å². The summed E-state index contributed by atoms with van der Waals surface area (Å²) in [5.41, 5.74) is 1.05. The van der Waals surface area contributed by atoms with Crippen molar-refractivity contribution in [3.8, 4) is 0 Å². The molecule has 0 bridgehead atoms. The van der Waals surface area contributed by atoms with Crippen molar-refractivity contribution in [3.05, 3.63) is 34.1 Å². The van der Waals surface area contributed by atoms with Crippen molar-refractivity contribution in [2.45, 2.75) is 32.2 Å².